The van der Waals surface area contributed by atoms with Gasteiger partial charge in [-0.3, -0.25) is 0 Å². The smallest absolute Gasteiger partial charge is 0.0450 e. The molecule has 1 N–H and O–H groups in total. The Bertz CT molecular complexity index is 346. The third-order valence-corrected chi connectivity index (χ3v) is 3.14. The summed E-state index contributed by atoms with van der Waals surface area (Å²) in [4.78, 5) is 0. The molecule has 1 aliphatic carbocycles. The average molecular weight is 222 g/mol. The molecule has 0 aromatic heterocycles. The van der Waals surface area contributed by atoms with Gasteiger partial charge in [0, 0.05) is 17.6 Å². The molecule has 2 heteroatoms. The first kappa shape index (κ1) is 10.7. The van der Waals surface area contributed by atoms with Crippen LogP contribution in [-0.4, -0.2) is 6.04 Å². The summed E-state index contributed by atoms with van der Waals surface area (Å²) in [5, 5.41) is 4.36. The van der Waals surface area contributed by atoms with Gasteiger partial charge in [-0.1, -0.05) is 42.0 Å². The molecule has 2 rings (SSSR count). The number of nitrogens with one attached hydrogen (secondary N) is 1. The summed E-state index contributed by atoms with van der Waals surface area (Å²) in [5.41, 5.74) is 1.18. The monoisotopic (exact) mass is 221 g/mol. The molecule has 0 heterocycles. The molecule has 80 valence electrons. The van der Waals surface area contributed by atoms with E-state index in [0.29, 0.717) is 6.04 Å². The highest BCUT2D eigenvalue weighted by molar-refractivity contribution is 6.31. The van der Waals surface area contributed by atoms with Crippen molar-refractivity contribution in [3.8, 4) is 0 Å². The minimum Gasteiger partial charge on any atom is -0.306 e. The number of rotatable bonds is 3. The zero-order chi connectivity index (χ0) is 10.5. The highest BCUT2D eigenvalue weighted by atomic mass is 35.5. The topological polar surface area (TPSA) is 12.0 Å². The quantitative estimate of drug-likeness (QED) is 0.770. The van der Waals surface area contributed by atoms with Crippen LogP contribution >= 0.6 is 11.6 Å². The average Bonchev–Trinajstić information content (AvgIpc) is 2.29. The van der Waals surface area contributed by atoms with Crippen LogP contribution in [0.3, 0.4) is 0 Å². The van der Waals surface area contributed by atoms with Crippen molar-refractivity contribution in [1.82, 2.24) is 5.32 Å². The molecule has 0 amide bonds. The van der Waals surface area contributed by atoms with Crippen LogP contribution in [0.15, 0.2) is 36.4 Å². The molecule has 1 aromatic carbocycles. The summed E-state index contributed by atoms with van der Waals surface area (Å²) in [6.45, 7) is 0.856. The van der Waals surface area contributed by atoms with Gasteiger partial charge in [-0.15, -0.1) is 0 Å². The van der Waals surface area contributed by atoms with Gasteiger partial charge in [0.25, 0.3) is 0 Å². The molecule has 0 spiro atoms. The largest absolute Gasteiger partial charge is 0.306 e. The Balaban J connectivity index is 1.90. The van der Waals surface area contributed by atoms with Gasteiger partial charge in [0.1, 0.15) is 0 Å². The van der Waals surface area contributed by atoms with E-state index in [0.717, 1.165) is 11.6 Å². The van der Waals surface area contributed by atoms with Crippen LogP contribution in [0.25, 0.3) is 0 Å². The zero-order valence-corrected chi connectivity index (χ0v) is 9.50. The maximum absolute atomic E-state index is 6.08. The third kappa shape index (κ3) is 3.08. The van der Waals surface area contributed by atoms with Crippen LogP contribution < -0.4 is 5.32 Å². The lowest BCUT2D eigenvalue weighted by Gasteiger charge is -2.18. The van der Waals surface area contributed by atoms with E-state index in [-0.39, 0.29) is 0 Å². The molecule has 1 aliphatic rings. The van der Waals surface area contributed by atoms with Gasteiger partial charge in [-0.2, -0.15) is 0 Å². The zero-order valence-electron chi connectivity index (χ0n) is 8.75. The molecule has 0 radical (unpaired) electrons. The van der Waals surface area contributed by atoms with Crippen LogP contribution in [0.5, 0.6) is 0 Å². The first-order valence-corrected chi connectivity index (χ1v) is 5.87. The Morgan fingerprint density at radius 1 is 1.33 bits per heavy atom. The second-order valence-electron chi connectivity index (χ2n) is 3.94. The first-order valence-electron chi connectivity index (χ1n) is 5.50. The summed E-state index contributed by atoms with van der Waals surface area (Å²) >= 11 is 6.08. The lowest BCUT2D eigenvalue weighted by molar-refractivity contribution is 0.522. The SMILES string of the molecule is Clc1ccccc1CNC1C=CCCC1. The van der Waals surface area contributed by atoms with Gasteiger partial charge >= 0.3 is 0 Å². The van der Waals surface area contributed by atoms with Crippen molar-refractivity contribution in [3.05, 3.63) is 47.0 Å². The summed E-state index contributed by atoms with van der Waals surface area (Å²) in [6.07, 6.45) is 8.27. The van der Waals surface area contributed by atoms with Crippen LogP contribution in [0.4, 0.5) is 0 Å². The molecule has 0 bridgehead atoms. The Hall–Kier alpha value is -0.790. The van der Waals surface area contributed by atoms with Gasteiger partial charge in [0.2, 0.25) is 0 Å². The number of halogens is 1. The van der Waals surface area contributed by atoms with Crippen molar-refractivity contribution < 1.29 is 0 Å². The van der Waals surface area contributed by atoms with Gasteiger partial charge in [0.05, 0.1) is 0 Å². The van der Waals surface area contributed by atoms with Crippen molar-refractivity contribution in [2.24, 2.45) is 0 Å². The molecule has 1 nitrogen and oxygen atoms in total. The van der Waals surface area contributed by atoms with Crippen LogP contribution in [-0.2, 0) is 6.54 Å². The van der Waals surface area contributed by atoms with E-state index < -0.39 is 0 Å². The van der Waals surface area contributed by atoms with E-state index in [1.54, 1.807) is 0 Å². The second-order valence-corrected chi connectivity index (χ2v) is 4.35. The fourth-order valence-corrected chi connectivity index (χ4v) is 2.07. The predicted molar refractivity (Wildman–Crippen MR) is 65.1 cm³/mol. The standard InChI is InChI=1S/C13H16ClN/c14-13-9-5-4-6-11(13)10-15-12-7-2-1-3-8-12/h2,4-7,9,12,15H,1,3,8,10H2. The van der Waals surface area contributed by atoms with E-state index in [4.69, 9.17) is 11.6 Å². The molecular formula is C13H16ClN. The molecule has 0 saturated heterocycles. The fourth-order valence-electron chi connectivity index (χ4n) is 1.87. The Morgan fingerprint density at radius 2 is 2.20 bits per heavy atom. The Kier molecular flexibility index (Phi) is 3.81. The van der Waals surface area contributed by atoms with E-state index >= 15 is 0 Å². The van der Waals surface area contributed by atoms with Crippen molar-refractivity contribution in [1.29, 1.82) is 0 Å². The summed E-state index contributed by atoms with van der Waals surface area (Å²) < 4.78 is 0. The minimum absolute atomic E-state index is 0.523. The highest BCUT2D eigenvalue weighted by Gasteiger charge is 2.07. The van der Waals surface area contributed by atoms with Crippen molar-refractivity contribution in [2.45, 2.75) is 31.8 Å². The molecule has 1 atom stereocenters. The molecule has 1 aromatic rings. The van der Waals surface area contributed by atoms with Crippen LogP contribution in [0.1, 0.15) is 24.8 Å². The first-order chi connectivity index (χ1) is 7.36. The molecule has 1 unspecified atom stereocenters. The number of benzene rings is 1. The lowest BCUT2D eigenvalue weighted by atomic mass is 10.0. The van der Waals surface area contributed by atoms with E-state index in [1.165, 1.54) is 24.8 Å². The van der Waals surface area contributed by atoms with E-state index in [1.807, 2.05) is 18.2 Å². The van der Waals surface area contributed by atoms with Crippen molar-refractivity contribution in [2.75, 3.05) is 0 Å². The Labute approximate surface area is 96.1 Å². The van der Waals surface area contributed by atoms with Gasteiger partial charge in [-0.05, 0) is 30.9 Å². The number of allylic oxidation sites excluding steroid dienone is 1. The third-order valence-electron chi connectivity index (χ3n) is 2.77. The van der Waals surface area contributed by atoms with Gasteiger partial charge in [-0.25, -0.2) is 0 Å². The normalized spacial score (nSPS) is 20.5. The van der Waals surface area contributed by atoms with Crippen molar-refractivity contribution in [3.63, 3.8) is 0 Å². The molecule has 15 heavy (non-hydrogen) atoms. The molecule has 0 saturated carbocycles. The maximum Gasteiger partial charge on any atom is 0.0450 e. The van der Waals surface area contributed by atoms with E-state index in [2.05, 4.69) is 23.5 Å². The minimum atomic E-state index is 0.523. The predicted octanol–water partition coefficient (Wildman–Crippen LogP) is 3.54. The summed E-state index contributed by atoms with van der Waals surface area (Å²) in [7, 11) is 0. The number of hydrogen-bond donors (Lipinski definition) is 1. The second kappa shape index (κ2) is 5.34. The van der Waals surface area contributed by atoms with Crippen LogP contribution in [0, 0.1) is 0 Å². The summed E-state index contributed by atoms with van der Waals surface area (Å²) in [5.74, 6) is 0. The molecular weight excluding hydrogens is 206 g/mol. The molecule has 0 fully saturated rings. The van der Waals surface area contributed by atoms with Gasteiger partial charge < -0.3 is 5.32 Å². The maximum atomic E-state index is 6.08. The van der Waals surface area contributed by atoms with Gasteiger partial charge in [0.15, 0.2) is 0 Å². The van der Waals surface area contributed by atoms with Crippen LogP contribution in [0.2, 0.25) is 5.02 Å². The lowest BCUT2D eigenvalue weighted by Crippen LogP contribution is -2.27. The van der Waals surface area contributed by atoms with Crippen molar-refractivity contribution >= 4 is 11.6 Å². The fraction of sp³-hybridized carbons (Fsp3) is 0.385. The number of hydrogen-bond acceptors (Lipinski definition) is 1. The highest BCUT2D eigenvalue weighted by Crippen LogP contribution is 2.16. The van der Waals surface area contributed by atoms with E-state index in [9.17, 15) is 0 Å². The molecule has 0 aliphatic heterocycles. The summed E-state index contributed by atoms with van der Waals surface area (Å²) in [6, 6.07) is 8.53. The Morgan fingerprint density at radius 3 is 2.93 bits per heavy atom.